The summed E-state index contributed by atoms with van der Waals surface area (Å²) in [5, 5.41) is 13.7. The minimum Gasteiger partial charge on any atom is -0.489 e. The molecule has 0 fully saturated rings. The van der Waals surface area contributed by atoms with Crippen molar-refractivity contribution in [1.29, 1.82) is 0 Å². The monoisotopic (exact) mass is 588 g/mol. The lowest BCUT2D eigenvalue weighted by atomic mass is 9.81. The predicted molar refractivity (Wildman–Crippen MR) is 141 cm³/mol. The van der Waals surface area contributed by atoms with Crippen LogP contribution in [0.15, 0.2) is 60.8 Å². The zero-order valence-electron chi connectivity index (χ0n) is 21.2. The Hall–Kier alpha value is -4.29. The number of halogens is 5. The lowest BCUT2D eigenvalue weighted by Crippen LogP contribution is -2.51. The number of alkyl halides is 3. The SMILES string of the molecule is C[C@]1(C(N)=O)COc2c1cc(C(O)(CNC(=O)c1cc3cccnc3cc1Cl)C(F)(F)F)nc2-c1ccc(F)cc1. The number of hydrogen-bond donors (Lipinski definition) is 3. The second-order valence-electron chi connectivity index (χ2n) is 9.79. The Morgan fingerprint density at radius 1 is 1.17 bits per heavy atom. The van der Waals surface area contributed by atoms with E-state index in [1.165, 1.54) is 37.4 Å². The highest BCUT2D eigenvalue weighted by atomic mass is 35.5. The highest BCUT2D eigenvalue weighted by Crippen LogP contribution is 2.47. The minimum atomic E-state index is -5.36. The van der Waals surface area contributed by atoms with Gasteiger partial charge in [0.25, 0.3) is 5.91 Å². The molecular formula is C28H21ClF4N4O4. The van der Waals surface area contributed by atoms with Crippen molar-refractivity contribution in [3.63, 3.8) is 0 Å². The number of fused-ring (bicyclic) bond motifs is 2. The summed E-state index contributed by atoms with van der Waals surface area (Å²) in [6.45, 7) is -0.280. The number of carbonyl (C=O) groups excluding carboxylic acids is 2. The number of aromatic nitrogens is 2. The van der Waals surface area contributed by atoms with Gasteiger partial charge in [-0.1, -0.05) is 17.7 Å². The Kier molecular flexibility index (Phi) is 6.86. The fraction of sp³-hybridized carbons (Fsp3) is 0.214. The molecule has 2 amide bonds. The van der Waals surface area contributed by atoms with E-state index in [1.54, 1.807) is 12.1 Å². The maximum atomic E-state index is 14.6. The highest BCUT2D eigenvalue weighted by Gasteiger charge is 2.57. The molecule has 1 unspecified atom stereocenters. The van der Waals surface area contributed by atoms with Crippen LogP contribution in [-0.2, 0) is 15.8 Å². The maximum Gasteiger partial charge on any atom is 0.424 e. The molecule has 0 spiro atoms. The smallest absolute Gasteiger partial charge is 0.424 e. The van der Waals surface area contributed by atoms with Crippen molar-refractivity contribution < 1.29 is 37.0 Å². The van der Waals surface area contributed by atoms with Crippen LogP contribution in [0.2, 0.25) is 5.02 Å². The quantitative estimate of drug-likeness (QED) is 0.287. The average molecular weight is 589 g/mol. The van der Waals surface area contributed by atoms with Crippen LogP contribution in [-0.4, -0.2) is 46.2 Å². The predicted octanol–water partition coefficient (Wildman–Crippen LogP) is 4.40. The molecule has 4 N–H and O–H groups in total. The summed E-state index contributed by atoms with van der Waals surface area (Å²) >= 11 is 6.20. The fourth-order valence-corrected chi connectivity index (χ4v) is 4.75. The molecule has 0 aliphatic carbocycles. The molecule has 0 saturated carbocycles. The van der Waals surface area contributed by atoms with E-state index in [-0.39, 0.29) is 39.8 Å². The molecule has 212 valence electrons. The Bertz CT molecular complexity index is 1700. The summed E-state index contributed by atoms with van der Waals surface area (Å²) < 4.78 is 63.0. The summed E-state index contributed by atoms with van der Waals surface area (Å²) in [5.74, 6) is -2.52. The molecule has 0 bridgehead atoms. The van der Waals surface area contributed by atoms with E-state index in [0.717, 1.165) is 18.2 Å². The molecule has 2 aromatic carbocycles. The van der Waals surface area contributed by atoms with Crippen molar-refractivity contribution in [1.82, 2.24) is 15.3 Å². The van der Waals surface area contributed by atoms with Crippen molar-refractivity contribution in [3.05, 3.63) is 88.5 Å². The summed E-state index contributed by atoms with van der Waals surface area (Å²) in [7, 11) is 0. The van der Waals surface area contributed by atoms with Gasteiger partial charge in [-0.15, -0.1) is 0 Å². The first-order valence-electron chi connectivity index (χ1n) is 12.1. The standard InChI is InChI=1S/C28H21ClF4N4O4/c1-26(25(34)39)13-41-23-18(26)10-21(37-22(23)14-4-6-16(30)7-5-14)27(40,28(31,32)33)12-36-24(38)17-9-15-3-2-8-35-20(15)11-19(17)29/h2-11,40H,12-13H2,1H3,(H2,34,39)(H,36,38)/t26-,27?/m0/s1. The minimum absolute atomic E-state index is 0.0354. The molecule has 5 rings (SSSR count). The van der Waals surface area contributed by atoms with Crippen LogP contribution >= 0.6 is 11.6 Å². The number of aliphatic hydroxyl groups is 1. The van der Waals surface area contributed by atoms with Gasteiger partial charge in [-0.25, -0.2) is 9.37 Å². The molecule has 13 heteroatoms. The van der Waals surface area contributed by atoms with E-state index in [1.807, 2.05) is 0 Å². The fourth-order valence-electron chi connectivity index (χ4n) is 4.51. The van der Waals surface area contributed by atoms with E-state index in [9.17, 15) is 32.3 Å². The topological polar surface area (TPSA) is 127 Å². The Morgan fingerprint density at radius 2 is 1.88 bits per heavy atom. The van der Waals surface area contributed by atoms with Gasteiger partial charge in [0.1, 0.15) is 29.3 Å². The largest absolute Gasteiger partial charge is 0.489 e. The first-order valence-corrected chi connectivity index (χ1v) is 12.5. The molecule has 1 aliphatic heterocycles. The van der Waals surface area contributed by atoms with Crippen molar-refractivity contribution in [2.75, 3.05) is 13.2 Å². The van der Waals surface area contributed by atoms with Gasteiger partial charge in [-0.05, 0) is 55.5 Å². The van der Waals surface area contributed by atoms with Gasteiger partial charge in [-0.3, -0.25) is 14.6 Å². The van der Waals surface area contributed by atoms with E-state index >= 15 is 0 Å². The molecule has 1 aliphatic rings. The molecule has 8 nitrogen and oxygen atoms in total. The third-order valence-electron chi connectivity index (χ3n) is 7.07. The van der Waals surface area contributed by atoms with E-state index < -0.39 is 47.1 Å². The van der Waals surface area contributed by atoms with Crippen LogP contribution < -0.4 is 15.8 Å². The van der Waals surface area contributed by atoms with Gasteiger partial charge in [0.05, 0.1) is 28.3 Å². The number of benzene rings is 2. The zero-order chi connectivity index (χ0) is 29.7. The number of nitrogens with one attached hydrogen (secondary N) is 1. The number of amides is 2. The number of rotatable bonds is 6. The molecule has 41 heavy (non-hydrogen) atoms. The highest BCUT2D eigenvalue weighted by molar-refractivity contribution is 6.34. The molecule has 4 aromatic rings. The van der Waals surface area contributed by atoms with Gasteiger partial charge in [-0.2, -0.15) is 13.2 Å². The number of nitrogens with two attached hydrogens (primary N) is 1. The number of ether oxygens (including phenoxy) is 1. The first-order chi connectivity index (χ1) is 19.2. The number of pyridine rings is 2. The molecular weight excluding hydrogens is 568 g/mol. The second-order valence-corrected chi connectivity index (χ2v) is 10.2. The van der Waals surface area contributed by atoms with E-state index in [4.69, 9.17) is 22.1 Å². The molecule has 2 atom stereocenters. The van der Waals surface area contributed by atoms with Crippen molar-refractivity contribution in [3.8, 4) is 17.0 Å². The summed E-state index contributed by atoms with van der Waals surface area (Å²) in [6.07, 6.45) is -3.85. The van der Waals surface area contributed by atoms with Crippen LogP contribution in [0.3, 0.4) is 0 Å². The Balaban J connectivity index is 1.60. The molecule has 0 saturated heterocycles. The van der Waals surface area contributed by atoms with Gasteiger partial charge >= 0.3 is 6.18 Å². The van der Waals surface area contributed by atoms with Crippen LogP contribution in [0, 0.1) is 5.82 Å². The molecule has 3 heterocycles. The van der Waals surface area contributed by atoms with Crippen molar-refractivity contribution >= 4 is 34.3 Å². The van der Waals surface area contributed by atoms with Crippen LogP contribution in [0.25, 0.3) is 22.2 Å². The third kappa shape index (κ3) is 4.82. The van der Waals surface area contributed by atoms with Crippen molar-refractivity contribution in [2.24, 2.45) is 5.73 Å². The maximum absolute atomic E-state index is 14.6. The summed E-state index contributed by atoms with van der Waals surface area (Å²) in [6, 6.07) is 11.5. The summed E-state index contributed by atoms with van der Waals surface area (Å²) in [5.41, 5.74) is -0.410. The number of nitrogens with zero attached hydrogens (tertiary/aromatic N) is 2. The van der Waals surface area contributed by atoms with Gasteiger partial charge in [0, 0.05) is 22.7 Å². The van der Waals surface area contributed by atoms with E-state index in [2.05, 4.69) is 15.3 Å². The van der Waals surface area contributed by atoms with E-state index in [0.29, 0.717) is 10.9 Å². The number of carbonyl (C=O) groups is 2. The Labute approximate surface area is 235 Å². The Morgan fingerprint density at radius 3 is 2.54 bits per heavy atom. The molecule has 0 radical (unpaired) electrons. The van der Waals surface area contributed by atoms with Crippen LogP contribution in [0.1, 0.15) is 28.5 Å². The zero-order valence-corrected chi connectivity index (χ0v) is 22.0. The summed E-state index contributed by atoms with van der Waals surface area (Å²) in [4.78, 5) is 33.5. The average Bonchev–Trinajstić information content (AvgIpc) is 3.28. The third-order valence-corrected chi connectivity index (χ3v) is 7.38. The number of hydrogen-bond acceptors (Lipinski definition) is 6. The van der Waals surface area contributed by atoms with Crippen LogP contribution in [0.5, 0.6) is 5.75 Å². The van der Waals surface area contributed by atoms with Gasteiger partial charge < -0.3 is 20.9 Å². The number of primary amides is 1. The second kappa shape index (κ2) is 9.96. The lowest BCUT2D eigenvalue weighted by molar-refractivity contribution is -0.265. The van der Waals surface area contributed by atoms with Gasteiger partial charge in [0.15, 0.2) is 0 Å². The normalized spacial score (nSPS) is 17.9. The van der Waals surface area contributed by atoms with Crippen LogP contribution in [0.4, 0.5) is 17.6 Å². The van der Waals surface area contributed by atoms with Gasteiger partial charge in [0.2, 0.25) is 11.5 Å². The molecule has 2 aromatic heterocycles. The first kappa shape index (κ1) is 28.2. The van der Waals surface area contributed by atoms with Crippen molar-refractivity contribution in [2.45, 2.75) is 24.1 Å². The lowest BCUT2D eigenvalue weighted by Gasteiger charge is -2.31.